The van der Waals surface area contributed by atoms with E-state index >= 15 is 0 Å². The molecule has 0 bridgehead atoms. The van der Waals surface area contributed by atoms with Crippen LogP contribution >= 0.6 is 11.3 Å². The van der Waals surface area contributed by atoms with Crippen molar-refractivity contribution in [1.29, 1.82) is 0 Å². The fourth-order valence-electron chi connectivity index (χ4n) is 1.70. The molecule has 0 aliphatic rings. The minimum absolute atomic E-state index is 0.828. The fourth-order valence-corrected chi connectivity index (χ4v) is 2.65. The van der Waals surface area contributed by atoms with Crippen molar-refractivity contribution in [2.24, 2.45) is 0 Å². The lowest BCUT2D eigenvalue weighted by atomic mass is 10.1. The number of nitrogens with zero attached hydrogens (tertiary/aromatic N) is 1. The molecule has 0 atom stereocenters. The lowest BCUT2D eigenvalue weighted by Gasteiger charge is -1.99. The van der Waals surface area contributed by atoms with E-state index in [9.17, 15) is 0 Å². The summed E-state index contributed by atoms with van der Waals surface area (Å²) in [5, 5.41) is 1.96. The maximum Gasteiger partial charge on any atom is 0.114 e. The predicted molar refractivity (Wildman–Crippen MR) is 70.7 cm³/mol. The minimum atomic E-state index is 0.828. The molecule has 2 rings (SSSR count). The summed E-state index contributed by atoms with van der Waals surface area (Å²) in [6, 6.07) is 8.32. The number of hydrogen-bond acceptors (Lipinski definition) is 3. The minimum Gasteiger partial charge on any atom is -0.389 e. The molecule has 16 heavy (non-hydrogen) atoms. The molecule has 0 amide bonds. The summed E-state index contributed by atoms with van der Waals surface area (Å²) in [4.78, 5) is 4.60. The van der Waals surface area contributed by atoms with Gasteiger partial charge in [0, 0.05) is 5.56 Å². The van der Waals surface area contributed by atoms with Gasteiger partial charge in [-0.25, -0.2) is 4.98 Å². The number of nitrogens with two attached hydrogens (primary N) is 1. The largest absolute Gasteiger partial charge is 0.389 e. The van der Waals surface area contributed by atoms with E-state index in [1.165, 1.54) is 5.56 Å². The molecular formula is C13H16N2S. The molecule has 0 aliphatic heterocycles. The smallest absolute Gasteiger partial charge is 0.114 e. The number of nitrogen functional groups attached to an aromatic ring is 1. The Bertz CT molecular complexity index is 488. The normalized spacial score (nSPS) is 10.6. The first-order chi connectivity index (χ1) is 7.70. The van der Waals surface area contributed by atoms with Gasteiger partial charge in [0.15, 0.2) is 0 Å². The van der Waals surface area contributed by atoms with Crippen LogP contribution in [-0.4, -0.2) is 4.98 Å². The van der Waals surface area contributed by atoms with Crippen molar-refractivity contribution >= 4 is 16.3 Å². The molecule has 2 aromatic rings. The Morgan fingerprint density at radius 3 is 2.88 bits per heavy atom. The van der Waals surface area contributed by atoms with Gasteiger partial charge < -0.3 is 5.73 Å². The molecule has 2 nitrogen and oxygen atoms in total. The van der Waals surface area contributed by atoms with Crippen molar-refractivity contribution in [2.75, 3.05) is 5.73 Å². The van der Waals surface area contributed by atoms with Gasteiger partial charge in [0.25, 0.3) is 0 Å². The van der Waals surface area contributed by atoms with Crippen LogP contribution in [0.15, 0.2) is 24.3 Å². The van der Waals surface area contributed by atoms with Crippen LogP contribution in [-0.2, 0) is 6.42 Å². The average molecular weight is 232 g/mol. The molecule has 0 spiro atoms. The van der Waals surface area contributed by atoms with Crippen LogP contribution in [0, 0.1) is 6.92 Å². The summed E-state index contributed by atoms with van der Waals surface area (Å²) in [5.41, 5.74) is 9.31. The van der Waals surface area contributed by atoms with Gasteiger partial charge in [-0.3, -0.25) is 0 Å². The first-order valence-electron chi connectivity index (χ1n) is 5.53. The lowest BCUT2D eigenvalue weighted by Crippen LogP contribution is -1.87. The van der Waals surface area contributed by atoms with Crippen LogP contribution < -0.4 is 5.73 Å². The van der Waals surface area contributed by atoms with Gasteiger partial charge in [-0.1, -0.05) is 30.7 Å². The Hall–Kier alpha value is -1.35. The topological polar surface area (TPSA) is 38.9 Å². The third-order valence-corrected chi connectivity index (χ3v) is 3.40. The maximum atomic E-state index is 6.01. The van der Waals surface area contributed by atoms with Crippen molar-refractivity contribution in [3.63, 3.8) is 0 Å². The molecule has 0 saturated heterocycles. The van der Waals surface area contributed by atoms with E-state index in [1.807, 2.05) is 6.07 Å². The van der Waals surface area contributed by atoms with Gasteiger partial charge >= 0.3 is 0 Å². The van der Waals surface area contributed by atoms with Gasteiger partial charge in [-0.15, -0.1) is 11.3 Å². The van der Waals surface area contributed by atoms with E-state index < -0.39 is 0 Å². The quantitative estimate of drug-likeness (QED) is 0.877. The molecule has 84 valence electrons. The highest BCUT2D eigenvalue weighted by Gasteiger charge is 2.09. The van der Waals surface area contributed by atoms with Gasteiger partial charge in [0.2, 0.25) is 0 Å². The highest BCUT2D eigenvalue weighted by Crippen LogP contribution is 2.31. The Kier molecular flexibility index (Phi) is 3.25. The second-order valence-corrected chi connectivity index (χ2v) is 5.06. The van der Waals surface area contributed by atoms with Gasteiger partial charge in [0.05, 0.1) is 5.01 Å². The zero-order chi connectivity index (χ0) is 11.5. The van der Waals surface area contributed by atoms with Crippen molar-refractivity contribution < 1.29 is 0 Å². The highest BCUT2D eigenvalue weighted by molar-refractivity contribution is 7.16. The lowest BCUT2D eigenvalue weighted by molar-refractivity contribution is 0.910. The monoisotopic (exact) mass is 232 g/mol. The van der Waals surface area contributed by atoms with E-state index in [1.54, 1.807) is 11.3 Å². The van der Waals surface area contributed by atoms with Crippen LogP contribution in [0.5, 0.6) is 0 Å². The number of rotatable bonds is 3. The summed E-state index contributed by atoms with van der Waals surface area (Å²) in [6.07, 6.45) is 2.13. The predicted octanol–water partition coefficient (Wildman–Crippen LogP) is 3.65. The average Bonchev–Trinajstić information content (AvgIpc) is 2.60. The molecule has 1 aromatic carbocycles. The second-order valence-electron chi connectivity index (χ2n) is 3.94. The van der Waals surface area contributed by atoms with E-state index in [4.69, 9.17) is 5.73 Å². The number of anilines is 1. The summed E-state index contributed by atoms with van der Waals surface area (Å²) in [6.45, 7) is 4.24. The van der Waals surface area contributed by atoms with Crippen LogP contribution in [0.4, 0.5) is 5.00 Å². The maximum absolute atomic E-state index is 6.01. The highest BCUT2D eigenvalue weighted by atomic mass is 32.1. The number of aryl methyl sites for hydroxylation is 2. The zero-order valence-corrected chi connectivity index (χ0v) is 10.5. The van der Waals surface area contributed by atoms with E-state index in [2.05, 4.69) is 37.0 Å². The Morgan fingerprint density at radius 1 is 1.38 bits per heavy atom. The standard InChI is InChI=1S/C13H16N2S/c1-3-5-11-15-12(13(14)16-11)10-7-4-6-9(2)8-10/h4,6-8H,3,5,14H2,1-2H3. The first kappa shape index (κ1) is 11.1. The van der Waals surface area contributed by atoms with Crippen LogP contribution in [0.2, 0.25) is 0 Å². The Balaban J connectivity index is 2.40. The van der Waals surface area contributed by atoms with Gasteiger partial charge in [-0.05, 0) is 25.8 Å². The first-order valence-corrected chi connectivity index (χ1v) is 6.34. The number of thiazole rings is 1. The Labute approximate surface area is 100 Å². The summed E-state index contributed by atoms with van der Waals surface area (Å²) in [5.74, 6) is 0. The van der Waals surface area contributed by atoms with Crippen molar-refractivity contribution in [3.8, 4) is 11.3 Å². The summed E-state index contributed by atoms with van der Waals surface area (Å²) < 4.78 is 0. The van der Waals surface area contributed by atoms with Crippen LogP contribution in [0.3, 0.4) is 0 Å². The fraction of sp³-hybridized carbons (Fsp3) is 0.308. The molecule has 3 heteroatoms. The molecule has 2 N–H and O–H groups in total. The molecule has 0 radical (unpaired) electrons. The number of hydrogen-bond donors (Lipinski definition) is 1. The van der Waals surface area contributed by atoms with Crippen LogP contribution in [0.1, 0.15) is 23.9 Å². The molecule has 1 heterocycles. The molecular weight excluding hydrogens is 216 g/mol. The van der Waals surface area contributed by atoms with E-state index in [0.29, 0.717) is 0 Å². The van der Waals surface area contributed by atoms with Crippen molar-refractivity contribution in [1.82, 2.24) is 4.98 Å². The summed E-state index contributed by atoms with van der Waals surface area (Å²) in [7, 11) is 0. The third-order valence-electron chi connectivity index (χ3n) is 2.45. The van der Waals surface area contributed by atoms with E-state index in [-0.39, 0.29) is 0 Å². The SMILES string of the molecule is CCCc1nc(-c2cccc(C)c2)c(N)s1. The van der Waals surface area contributed by atoms with Crippen molar-refractivity contribution in [2.45, 2.75) is 26.7 Å². The number of benzene rings is 1. The molecule has 1 aromatic heterocycles. The molecule has 0 saturated carbocycles. The second kappa shape index (κ2) is 4.66. The molecule has 0 aliphatic carbocycles. The Morgan fingerprint density at radius 2 is 2.19 bits per heavy atom. The van der Waals surface area contributed by atoms with Gasteiger partial charge in [-0.2, -0.15) is 0 Å². The van der Waals surface area contributed by atoms with Crippen molar-refractivity contribution in [3.05, 3.63) is 34.8 Å². The third kappa shape index (κ3) is 2.25. The zero-order valence-electron chi connectivity index (χ0n) is 9.66. The van der Waals surface area contributed by atoms with E-state index in [0.717, 1.165) is 34.1 Å². The molecule has 0 unspecified atom stereocenters. The molecule has 0 fully saturated rings. The van der Waals surface area contributed by atoms with Crippen LogP contribution in [0.25, 0.3) is 11.3 Å². The number of aromatic nitrogens is 1. The van der Waals surface area contributed by atoms with Gasteiger partial charge in [0.1, 0.15) is 10.7 Å². The summed E-state index contributed by atoms with van der Waals surface area (Å²) >= 11 is 1.61.